The van der Waals surface area contributed by atoms with E-state index < -0.39 is 16.8 Å². The molecule has 1 amide bonds. The molecule has 0 aromatic heterocycles. The molecule has 0 saturated carbocycles. The lowest BCUT2D eigenvalue weighted by atomic mass is 10.1. The minimum Gasteiger partial charge on any atom is -0.465 e. The third kappa shape index (κ3) is 5.03. The third-order valence-electron chi connectivity index (χ3n) is 3.39. The number of esters is 1. The number of methoxy groups -OCH3 is 1. The van der Waals surface area contributed by atoms with E-state index in [2.05, 4.69) is 10.1 Å². The van der Waals surface area contributed by atoms with Gasteiger partial charge in [0.1, 0.15) is 0 Å². The van der Waals surface area contributed by atoms with Gasteiger partial charge >= 0.3 is 5.97 Å². The smallest absolute Gasteiger partial charge is 0.337 e. The normalized spacial score (nSPS) is 11.6. The Kier molecular flexibility index (Phi) is 6.26. The zero-order valence-electron chi connectivity index (χ0n) is 13.6. The summed E-state index contributed by atoms with van der Waals surface area (Å²) in [4.78, 5) is 23.6. The van der Waals surface area contributed by atoms with E-state index in [1.807, 2.05) is 6.07 Å². The fourth-order valence-electron chi connectivity index (χ4n) is 2.20. The van der Waals surface area contributed by atoms with E-state index in [4.69, 9.17) is 0 Å². The predicted octanol–water partition coefficient (Wildman–Crippen LogP) is 2.28. The first-order valence-electron chi connectivity index (χ1n) is 7.34. The van der Waals surface area contributed by atoms with Crippen LogP contribution in [-0.4, -0.2) is 29.5 Å². The van der Waals surface area contributed by atoms with Crippen LogP contribution in [0.2, 0.25) is 0 Å². The van der Waals surface area contributed by atoms with Crippen LogP contribution in [0.15, 0.2) is 48.5 Å². The second-order valence-corrected chi connectivity index (χ2v) is 6.72. The van der Waals surface area contributed by atoms with Crippen LogP contribution in [0.1, 0.15) is 31.8 Å². The second kappa shape index (κ2) is 8.40. The van der Waals surface area contributed by atoms with Gasteiger partial charge in [-0.1, -0.05) is 24.3 Å². The number of amides is 1. The Labute approximate surface area is 143 Å². The summed E-state index contributed by atoms with van der Waals surface area (Å²) in [6.07, 6.45) is 1.63. The minimum atomic E-state index is -0.948. The minimum absolute atomic E-state index is 0.198. The van der Waals surface area contributed by atoms with Crippen molar-refractivity contribution in [1.29, 1.82) is 0 Å². The van der Waals surface area contributed by atoms with Gasteiger partial charge in [0.15, 0.2) is 0 Å². The Morgan fingerprint density at radius 2 is 1.75 bits per heavy atom. The first-order chi connectivity index (χ1) is 11.5. The second-order valence-electron chi connectivity index (χ2n) is 5.29. The summed E-state index contributed by atoms with van der Waals surface area (Å²) in [7, 11) is 0.384. The number of carbonyl (C=O) groups excluding carboxylic acids is 2. The quantitative estimate of drug-likeness (QED) is 0.815. The molecule has 1 atom stereocenters. The van der Waals surface area contributed by atoms with Crippen LogP contribution in [0, 0.1) is 0 Å². The van der Waals surface area contributed by atoms with Crippen molar-refractivity contribution in [3.05, 3.63) is 70.8 Å². The molecule has 0 fully saturated rings. The molecular formula is C18H19NO4S. The lowest BCUT2D eigenvalue weighted by molar-refractivity contribution is 0.0600. The van der Waals surface area contributed by atoms with Gasteiger partial charge in [0.25, 0.3) is 5.91 Å². The standard InChI is InChI=1S/C18H19NO4S/c1-23-18(21)15-8-6-13(7-9-15)11-19-17(20)16-5-3-4-14(10-16)12-24(2)22/h3-10H,11-12H2,1-2H3,(H,19,20). The maximum atomic E-state index is 12.2. The van der Waals surface area contributed by atoms with Crippen LogP contribution < -0.4 is 5.32 Å². The Bertz CT molecular complexity index is 756. The molecule has 5 nitrogen and oxygen atoms in total. The van der Waals surface area contributed by atoms with E-state index in [1.165, 1.54) is 7.11 Å². The lowest BCUT2D eigenvalue weighted by Gasteiger charge is -2.07. The SMILES string of the molecule is COC(=O)c1ccc(CNC(=O)c2cccc(CS(C)=O)c2)cc1. The van der Waals surface area contributed by atoms with Crippen molar-refractivity contribution in [2.45, 2.75) is 12.3 Å². The molecule has 1 unspecified atom stereocenters. The van der Waals surface area contributed by atoms with Crippen molar-refractivity contribution in [1.82, 2.24) is 5.32 Å². The maximum Gasteiger partial charge on any atom is 0.337 e. The van der Waals surface area contributed by atoms with Crippen molar-refractivity contribution >= 4 is 22.7 Å². The molecule has 0 saturated heterocycles. The maximum absolute atomic E-state index is 12.2. The molecule has 2 aromatic rings. The summed E-state index contributed by atoms with van der Waals surface area (Å²) in [5.74, 6) is -0.165. The van der Waals surface area contributed by atoms with E-state index in [0.717, 1.165) is 11.1 Å². The lowest BCUT2D eigenvalue weighted by Crippen LogP contribution is -2.23. The average molecular weight is 345 g/mol. The number of carbonyl (C=O) groups is 2. The van der Waals surface area contributed by atoms with Gasteiger partial charge in [-0.15, -0.1) is 0 Å². The first-order valence-corrected chi connectivity index (χ1v) is 9.06. The summed E-state index contributed by atoms with van der Waals surface area (Å²) in [6.45, 7) is 0.351. The molecule has 0 aliphatic carbocycles. The number of hydrogen-bond donors (Lipinski definition) is 1. The summed E-state index contributed by atoms with van der Waals surface area (Å²) >= 11 is 0. The van der Waals surface area contributed by atoms with Crippen molar-refractivity contribution < 1.29 is 18.5 Å². The van der Waals surface area contributed by atoms with Crippen LogP contribution >= 0.6 is 0 Å². The fourth-order valence-corrected chi connectivity index (χ4v) is 2.85. The van der Waals surface area contributed by atoms with Gasteiger partial charge in [-0.2, -0.15) is 0 Å². The monoisotopic (exact) mass is 345 g/mol. The van der Waals surface area contributed by atoms with E-state index in [9.17, 15) is 13.8 Å². The molecule has 6 heteroatoms. The molecule has 0 heterocycles. The van der Waals surface area contributed by atoms with Gasteiger partial charge in [-0.05, 0) is 35.4 Å². The molecule has 0 radical (unpaired) electrons. The Morgan fingerprint density at radius 1 is 1.04 bits per heavy atom. The van der Waals surface area contributed by atoms with Crippen LogP contribution in [0.5, 0.6) is 0 Å². The average Bonchev–Trinajstić information content (AvgIpc) is 2.59. The molecule has 0 bridgehead atoms. The van der Waals surface area contributed by atoms with Crippen molar-refractivity contribution in [3.8, 4) is 0 Å². The Morgan fingerprint density at radius 3 is 2.38 bits per heavy atom. The van der Waals surface area contributed by atoms with E-state index >= 15 is 0 Å². The predicted molar refractivity (Wildman–Crippen MR) is 93.2 cm³/mol. The first kappa shape index (κ1) is 17.9. The summed E-state index contributed by atoms with van der Waals surface area (Å²) in [5.41, 5.74) is 2.74. The van der Waals surface area contributed by atoms with E-state index in [0.29, 0.717) is 23.4 Å². The number of benzene rings is 2. The Hall–Kier alpha value is -2.47. The molecule has 2 aromatic carbocycles. The van der Waals surface area contributed by atoms with Gasteiger partial charge in [-0.3, -0.25) is 9.00 Å². The van der Waals surface area contributed by atoms with Crippen molar-refractivity contribution in [2.75, 3.05) is 13.4 Å². The largest absolute Gasteiger partial charge is 0.465 e. The molecule has 2 rings (SSSR count). The molecular weight excluding hydrogens is 326 g/mol. The van der Waals surface area contributed by atoms with Crippen LogP contribution in [0.25, 0.3) is 0 Å². The summed E-state index contributed by atoms with van der Waals surface area (Å²) in [5, 5.41) is 2.83. The highest BCUT2D eigenvalue weighted by Gasteiger charge is 2.08. The molecule has 0 aliphatic rings. The Balaban J connectivity index is 1.97. The highest BCUT2D eigenvalue weighted by molar-refractivity contribution is 7.83. The number of hydrogen-bond acceptors (Lipinski definition) is 4. The number of ether oxygens (including phenoxy) is 1. The summed E-state index contributed by atoms with van der Waals surface area (Å²) < 4.78 is 15.9. The third-order valence-corrected chi connectivity index (χ3v) is 4.13. The summed E-state index contributed by atoms with van der Waals surface area (Å²) in [6, 6.07) is 13.9. The molecule has 0 spiro atoms. The van der Waals surface area contributed by atoms with Gasteiger partial charge in [0, 0.05) is 34.9 Å². The van der Waals surface area contributed by atoms with Gasteiger partial charge in [0.05, 0.1) is 12.7 Å². The van der Waals surface area contributed by atoms with Crippen LogP contribution in [-0.2, 0) is 27.8 Å². The molecule has 24 heavy (non-hydrogen) atoms. The van der Waals surface area contributed by atoms with E-state index in [-0.39, 0.29) is 5.91 Å². The topological polar surface area (TPSA) is 72.5 Å². The van der Waals surface area contributed by atoms with Crippen molar-refractivity contribution in [3.63, 3.8) is 0 Å². The van der Waals surface area contributed by atoms with Gasteiger partial charge < -0.3 is 10.1 Å². The van der Waals surface area contributed by atoms with Crippen LogP contribution in [0.3, 0.4) is 0 Å². The molecule has 0 aliphatic heterocycles. The van der Waals surface area contributed by atoms with Gasteiger partial charge in [-0.25, -0.2) is 4.79 Å². The zero-order chi connectivity index (χ0) is 17.5. The van der Waals surface area contributed by atoms with Gasteiger partial charge in [0.2, 0.25) is 0 Å². The van der Waals surface area contributed by atoms with Crippen molar-refractivity contribution in [2.24, 2.45) is 0 Å². The number of rotatable bonds is 6. The zero-order valence-corrected chi connectivity index (χ0v) is 14.4. The fraction of sp³-hybridized carbons (Fsp3) is 0.222. The van der Waals surface area contributed by atoms with Crippen LogP contribution in [0.4, 0.5) is 0 Å². The van der Waals surface area contributed by atoms with E-state index in [1.54, 1.807) is 48.7 Å². The highest BCUT2D eigenvalue weighted by Crippen LogP contribution is 2.09. The molecule has 126 valence electrons. The highest BCUT2D eigenvalue weighted by atomic mass is 32.2. The number of nitrogens with one attached hydrogen (secondary N) is 1. The molecule has 1 N–H and O–H groups in total.